The van der Waals surface area contributed by atoms with E-state index >= 15 is 0 Å². The van der Waals surface area contributed by atoms with Gasteiger partial charge < -0.3 is 19.7 Å². The van der Waals surface area contributed by atoms with Crippen molar-refractivity contribution in [3.05, 3.63) is 78.0 Å². The maximum atomic E-state index is 12.5. The number of carbonyl (C=O) groups excluding carboxylic acids is 1. The van der Waals surface area contributed by atoms with Crippen molar-refractivity contribution in [3.8, 4) is 5.75 Å². The summed E-state index contributed by atoms with van der Waals surface area (Å²) in [6.07, 6.45) is 9.63. The van der Waals surface area contributed by atoms with Gasteiger partial charge in [0.25, 0.3) is 0 Å². The van der Waals surface area contributed by atoms with E-state index in [1.165, 1.54) is 6.08 Å². The minimum absolute atomic E-state index is 0.0460. The number of nitrogens with one attached hydrogen (secondary N) is 1. The van der Waals surface area contributed by atoms with Gasteiger partial charge in [0.2, 0.25) is 5.91 Å². The zero-order chi connectivity index (χ0) is 30.9. The Hall–Kier alpha value is -4.06. The fourth-order valence-corrected chi connectivity index (χ4v) is 6.99. The highest BCUT2D eigenvalue weighted by Crippen LogP contribution is 2.39. The molecular weight excluding hydrogens is 570 g/mol. The molecule has 6 heterocycles. The molecule has 1 amide bonds. The number of anilines is 3. The van der Waals surface area contributed by atoms with Gasteiger partial charge in [-0.3, -0.25) is 19.5 Å². The highest BCUT2D eigenvalue weighted by atomic mass is 16.7. The van der Waals surface area contributed by atoms with E-state index in [4.69, 9.17) is 14.3 Å². The van der Waals surface area contributed by atoms with Gasteiger partial charge in [-0.15, -0.1) is 0 Å². The van der Waals surface area contributed by atoms with Crippen LogP contribution in [0.15, 0.2) is 55.5 Å². The van der Waals surface area contributed by atoms with Gasteiger partial charge in [0.1, 0.15) is 12.1 Å². The lowest BCUT2D eigenvalue weighted by molar-refractivity contribution is -0.228. The van der Waals surface area contributed by atoms with Gasteiger partial charge in [0.05, 0.1) is 49.9 Å². The Labute approximate surface area is 264 Å². The molecular formula is C34H41N7O4. The van der Waals surface area contributed by atoms with Gasteiger partial charge in [-0.25, -0.2) is 15.0 Å². The molecule has 0 saturated carbocycles. The summed E-state index contributed by atoms with van der Waals surface area (Å²) in [6, 6.07) is 11.5. The number of morpholine rings is 1. The largest absolute Gasteiger partial charge is 0.496 e. The van der Waals surface area contributed by atoms with Crippen molar-refractivity contribution in [1.82, 2.24) is 19.9 Å². The number of hydroxylamine groups is 1. The number of fused-ring (bicyclic) bond motifs is 1. The van der Waals surface area contributed by atoms with Gasteiger partial charge in [-0.2, -0.15) is 0 Å². The van der Waals surface area contributed by atoms with Gasteiger partial charge in [0.15, 0.2) is 5.82 Å². The van der Waals surface area contributed by atoms with Crippen LogP contribution in [0, 0.1) is 6.92 Å². The molecule has 11 nitrogen and oxygen atoms in total. The number of carbonyl (C=O) groups is 1. The number of hydrogen-bond acceptors (Lipinski definition) is 10. The van der Waals surface area contributed by atoms with Crippen LogP contribution in [0.5, 0.6) is 5.75 Å². The first-order valence-electron chi connectivity index (χ1n) is 15.9. The van der Waals surface area contributed by atoms with Crippen LogP contribution in [0.1, 0.15) is 47.8 Å². The van der Waals surface area contributed by atoms with Gasteiger partial charge in [-0.05, 0) is 61.9 Å². The van der Waals surface area contributed by atoms with E-state index in [2.05, 4.69) is 48.8 Å². The second kappa shape index (κ2) is 12.7. The van der Waals surface area contributed by atoms with E-state index in [9.17, 15) is 4.79 Å². The molecule has 0 spiro atoms. The summed E-state index contributed by atoms with van der Waals surface area (Å²) in [5, 5.41) is 4.93. The van der Waals surface area contributed by atoms with E-state index in [0.29, 0.717) is 37.6 Å². The lowest BCUT2D eigenvalue weighted by Crippen LogP contribution is -2.73. The third-order valence-corrected chi connectivity index (χ3v) is 9.65. The second-order valence-corrected chi connectivity index (χ2v) is 12.3. The Morgan fingerprint density at radius 1 is 1.13 bits per heavy atom. The molecule has 45 heavy (non-hydrogen) atoms. The molecule has 3 aromatic rings. The Morgan fingerprint density at radius 3 is 2.69 bits per heavy atom. The molecule has 0 radical (unpaired) electrons. The van der Waals surface area contributed by atoms with Crippen LogP contribution in [0.2, 0.25) is 0 Å². The number of likely N-dealkylation sites (tertiary alicyclic amines) is 1. The quantitative estimate of drug-likeness (QED) is 0.338. The predicted molar refractivity (Wildman–Crippen MR) is 171 cm³/mol. The molecule has 0 aliphatic carbocycles. The van der Waals surface area contributed by atoms with Crippen LogP contribution in [0.3, 0.4) is 0 Å². The van der Waals surface area contributed by atoms with E-state index in [0.717, 1.165) is 91.0 Å². The topological polar surface area (TPSA) is 105 Å². The number of piperidine rings is 1. The Kier molecular flexibility index (Phi) is 8.39. The lowest BCUT2D eigenvalue weighted by Gasteiger charge is -2.58. The number of aryl methyl sites for hydroxylation is 3. The van der Waals surface area contributed by atoms with E-state index in [-0.39, 0.29) is 11.9 Å². The average Bonchev–Trinajstić information content (AvgIpc) is 3.56. The SMILES string of the molecule is C=CC(=O)Nc1cc(CCc2cc(N3OCC[C@@H]3c3ccc(C)nc3)ncn2)c(OC)cc1N1CCC(N2CC3OCC32)CC1. The van der Waals surface area contributed by atoms with Crippen molar-refractivity contribution >= 4 is 23.1 Å². The number of ether oxygens (including phenoxy) is 2. The van der Waals surface area contributed by atoms with Gasteiger partial charge in [-0.1, -0.05) is 12.6 Å². The minimum Gasteiger partial charge on any atom is -0.496 e. The molecule has 4 fully saturated rings. The Morgan fingerprint density at radius 2 is 2.00 bits per heavy atom. The van der Waals surface area contributed by atoms with Crippen molar-refractivity contribution in [2.45, 2.75) is 63.3 Å². The molecule has 1 aromatic carbocycles. The van der Waals surface area contributed by atoms with Crippen LogP contribution in [0.4, 0.5) is 17.2 Å². The number of nitrogens with zero attached hydrogens (tertiary/aromatic N) is 6. The molecule has 7 rings (SSSR count). The normalized spacial score (nSPS) is 23.2. The third-order valence-electron chi connectivity index (χ3n) is 9.65. The summed E-state index contributed by atoms with van der Waals surface area (Å²) >= 11 is 0. The van der Waals surface area contributed by atoms with Crippen LogP contribution >= 0.6 is 0 Å². The zero-order valence-electron chi connectivity index (χ0n) is 26.0. The number of hydrogen-bond donors (Lipinski definition) is 1. The number of methoxy groups -OCH3 is 1. The number of rotatable bonds is 10. The standard InChI is InChI=1S/C34H41N7O4/c1-4-34(42)38-27-15-23(31(43-3)17-29(27)39-12-9-26(10-13-39)40-19-32-30(40)20-44-32)7-8-25-16-33(37-21-36-25)41-28(11-14-45-41)24-6-5-22(2)35-18-24/h4-6,15-18,21,26,28,30,32H,1,7-14,19-20H2,2-3H3,(H,38,42)/t28-,30?,32?/m1/s1. The summed E-state index contributed by atoms with van der Waals surface area (Å²) in [5.74, 6) is 1.29. The smallest absolute Gasteiger partial charge is 0.247 e. The second-order valence-electron chi connectivity index (χ2n) is 12.3. The molecule has 3 atom stereocenters. The monoisotopic (exact) mass is 611 g/mol. The maximum Gasteiger partial charge on any atom is 0.247 e. The van der Waals surface area contributed by atoms with Crippen LogP contribution in [0.25, 0.3) is 0 Å². The first-order valence-corrected chi connectivity index (χ1v) is 15.9. The van der Waals surface area contributed by atoms with Crippen molar-refractivity contribution in [1.29, 1.82) is 0 Å². The Balaban J connectivity index is 1.07. The van der Waals surface area contributed by atoms with Crippen molar-refractivity contribution < 1.29 is 19.1 Å². The minimum atomic E-state index is -0.233. The molecule has 4 saturated heterocycles. The number of aromatic nitrogens is 3. The molecule has 2 unspecified atom stereocenters. The van der Waals surface area contributed by atoms with Gasteiger partial charge in [0, 0.05) is 61.8 Å². The summed E-state index contributed by atoms with van der Waals surface area (Å²) < 4.78 is 11.5. The molecule has 1 N–H and O–H groups in total. The number of benzene rings is 1. The highest BCUT2D eigenvalue weighted by molar-refractivity contribution is 6.01. The fraction of sp³-hybridized carbons (Fsp3) is 0.471. The third kappa shape index (κ3) is 5.99. The van der Waals surface area contributed by atoms with Crippen LogP contribution < -0.4 is 20.0 Å². The first kappa shape index (κ1) is 29.6. The van der Waals surface area contributed by atoms with Crippen molar-refractivity contribution in [3.63, 3.8) is 0 Å². The van der Waals surface area contributed by atoms with Gasteiger partial charge >= 0.3 is 0 Å². The maximum absolute atomic E-state index is 12.5. The highest BCUT2D eigenvalue weighted by Gasteiger charge is 2.50. The summed E-state index contributed by atoms with van der Waals surface area (Å²) in [4.78, 5) is 37.0. The van der Waals surface area contributed by atoms with E-state index in [1.54, 1.807) is 13.4 Å². The van der Waals surface area contributed by atoms with Crippen molar-refractivity contribution in [2.75, 3.05) is 55.2 Å². The molecule has 11 heteroatoms. The van der Waals surface area contributed by atoms with E-state index < -0.39 is 0 Å². The lowest BCUT2D eigenvalue weighted by atomic mass is 9.89. The van der Waals surface area contributed by atoms with Crippen molar-refractivity contribution in [2.24, 2.45) is 0 Å². The molecule has 4 aliphatic rings. The molecule has 4 aliphatic heterocycles. The summed E-state index contributed by atoms with van der Waals surface area (Å²) in [7, 11) is 1.70. The van der Waals surface area contributed by atoms with E-state index in [1.807, 2.05) is 36.4 Å². The fourth-order valence-electron chi connectivity index (χ4n) is 6.99. The summed E-state index contributed by atoms with van der Waals surface area (Å²) in [6.45, 7) is 10.0. The predicted octanol–water partition coefficient (Wildman–Crippen LogP) is 4.03. The number of amides is 1. The number of pyridine rings is 1. The van der Waals surface area contributed by atoms with Crippen LogP contribution in [-0.2, 0) is 27.2 Å². The molecule has 236 valence electrons. The summed E-state index contributed by atoms with van der Waals surface area (Å²) in [5.41, 5.74) is 5.72. The molecule has 0 bridgehead atoms. The van der Waals surface area contributed by atoms with Crippen LogP contribution in [-0.4, -0.2) is 83.9 Å². The first-order chi connectivity index (χ1) is 22.0. The Bertz CT molecular complexity index is 1540. The average molecular weight is 612 g/mol. The zero-order valence-corrected chi connectivity index (χ0v) is 26.0. The molecule has 2 aromatic heterocycles.